The van der Waals surface area contributed by atoms with Gasteiger partial charge in [-0.1, -0.05) is 0 Å². The van der Waals surface area contributed by atoms with Gasteiger partial charge in [0.1, 0.15) is 6.67 Å². The summed E-state index contributed by atoms with van der Waals surface area (Å²) in [6, 6.07) is 0.631. The second kappa shape index (κ2) is 3.93. The Labute approximate surface area is 78.7 Å². The molecule has 3 heteroatoms. The molecule has 0 spiro atoms. The predicted octanol–water partition coefficient (Wildman–Crippen LogP) is 1.19. The molecule has 2 nitrogen and oxygen atoms in total. The van der Waals surface area contributed by atoms with Crippen LogP contribution in [0.3, 0.4) is 0 Å². The van der Waals surface area contributed by atoms with Crippen LogP contribution in [-0.2, 0) is 0 Å². The first kappa shape index (κ1) is 9.41. The first-order valence-electron chi connectivity index (χ1n) is 5.27. The van der Waals surface area contributed by atoms with Crippen molar-refractivity contribution in [3.8, 4) is 0 Å². The number of halogens is 1. The summed E-state index contributed by atoms with van der Waals surface area (Å²) in [5.74, 6) is 0.816. The van der Waals surface area contributed by atoms with Crippen LogP contribution in [-0.4, -0.2) is 41.9 Å². The molecule has 13 heavy (non-hydrogen) atoms. The Morgan fingerprint density at radius 3 is 2.46 bits per heavy atom. The molecule has 1 N–H and O–H groups in total. The van der Waals surface area contributed by atoms with Crippen LogP contribution in [0, 0.1) is 5.92 Å². The van der Waals surface area contributed by atoms with E-state index in [0.717, 1.165) is 12.5 Å². The van der Waals surface area contributed by atoms with E-state index in [-0.39, 0.29) is 0 Å². The molecule has 0 radical (unpaired) electrons. The van der Waals surface area contributed by atoms with E-state index in [1.165, 1.54) is 25.7 Å². The third-order valence-electron chi connectivity index (χ3n) is 3.45. The highest BCUT2D eigenvalue weighted by atomic mass is 19.1. The summed E-state index contributed by atoms with van der Waals surface area (Å²) in [6.45, 7) is 1.02. The molecule has 1 aliphatic carbocycles. The van der Waals surface area contributed by atoms with Crippen LogP contribution < -0.4 is 0 Å². The van der Waals surface area contributed by atoms with Gasteiger partial charge in [-0.25, -0.2) is 4.39 Å². The summed E-state index contributed by atoms with van der Waals surface area (Å²) in [5.41, 5.74) is 0. The van der Waals surface area contributed by atoms with Crippen molar-refractivity contribution in [2.24, 2.45) is 5.92 Å². The molecule has 3 rings (SSSR count). The van der Waals surface area contributed by atoms with Crippen LogP contribution in [0.1, 0.15) is 25.7 Å². The fourth-order valence-corrected chi connectivity index (χ4v) is 2.72. The van der Waals surface area contributed by atoms with Crippen LogP contribution in [0.15, 0.2) is 0 Å². The van der Waals surface area contributed by atoms with Crippen molar-refractivity contribution < 1.29 is 9.50 Å². The van der Waals surface area contributed by atoms with Gasteiger partial charge in [-0.3, -0.25) is 4.90 Å². The molecule has 0 aromatic carbocycles. The van der Waals surface area contributed by atoms with E-state index in [9.17, 15) is 9.50 Å². The third-order valence-corrected chi connectivity index (χ3v) is 3.45. The van der Waals surface area contributed by atoms with Gasteiger partial charge in [0.05, 0.1) is 6.10 Å². The van der Waals surface area contributed by atoms with E-state index in [0.29, 0.717) is 12.6 Å². The largest absolute Gasteiger partial charge is 0.389 e. The Morgan fingerprint density at radius 2 is 2.00 bits per heavy atom. The van der Waals surface area contributed by atoms with Gasteiger partial charge >= 0.3 is 0 Å². The quantitative estimate of drug-likeness (QED) is 0.717. The van der Waals surface area contributed by atoms with Gasteiger partial charge in [0.2, 0.25) is 0 Å². The monoisotopic (exact) mass is 187 g/mol. The summed E-state index contributed by atoms with van der Waals surface area (Å²) >= 11 is 0. The first-order valence-corrected chi connectivity index (χ1v) is 5.27. The van der Waals surface area contributed by atoms with E-state index >= 15 is 0 Å². The van der Waals surface area contributed by atoms with Crippen molar-refractivity contribution >= 4 is 0 Å². The van der Waals surface area contributed by atoms with Gasteiger partial charge in [0.15, 0.2) is 0 Å². The van der Waals surface area contributed by atoms with Gasteiger partial charge < -0.3 is 5.11 Å². The summed E-state index contributed by atoms with van der Waals surface area (Å²) in [5, 5.41) is 9.22. The minimum Gasteiger partial charge on any atom is -0.389 e. The standard InChI is InChI=1S/C10H18FNO/c11-5-10(13)7-12-6-8-1-3-9(12)4-2-8/h8-10,13H,1-7H2. The Hall–Kier alpha value is -0.150. The summed E-state index contributed by atoms with van der Waals surface area (Å²) in [7, 11) is 0. The summed E-state index contributed by atoms with van der Waals surface area (Å²) in [6.07, 6.45) is 4.42. The molecule has 3 aliphatic rings. The smallest absolute Gasteiger partial charge is 0.117 e. The molecule has 3 fully saturated rings. The first-order chi connectivity index (χ1) is 6.29. The molecule has 0 aromatic rings. The zero-order valence-corrected chi connectivity index (χ0v) is 7.95. The van der Waals surface area contributed by atoms with Crippen LogP contribution in [0.5, 0.6) is 0 Å². The fraction of sp³-hybridized carbons (Fsp3) is 1.00. The number of alkyl halides is 1. The highest BCUT2D eigenvalue weighted by Crippen LogP contribution is 2.34. The lowest BCUT2D eigenvalue weighted by molar-refractivity contribution is 0.00487. The minimum atomic E-state index is -0.764. The Bertz CT molecular complexity index is 168. The normalized spacial score (nSPS) is 36.5. The number of piperidine rings is 2. The zero-order valence-electron chi connectivity index (χ0n) is 7.95. The van der Waals surface area contributed by atoms with Crippen molar-refractivity contribution in [3.05, 3.63) is 0 Å². The van der Waals surface area contributed by atoms with Crippen LogP contribution in [0.25, 0.3) is 0 Å². The van der Waals surface area contributed by atoms with Crippen molar-refractivity contribution in [1.29, 1.82) is 0 Å². The Balaban J connectivity index is 1.86. The number of nitrogens with zero attached hydrogens (tertiary/aromatic N) is 1. The summed E-state index contributed by atoms with van der Waals surface area (Å²) in [4.78, 5) is 2.28. The second-order valence-electron chi connectivity index (χ2n) is 4.44. The summed E-state index contributed by atoms with van der Waals surface area (Å²) < 4.78 is 12.1. The number of hydrogen-bond acceptors (Lipinski definition) is 2. The minimum absolute atomic E-state index is 0.539. The van der Waals surface area contributed by atoms with Crippen molar-refractivity contribution in [2.75, 3.05) is 19.8 Å². The molecule has 1 atom stereocenters. The molecule has 0 amide bonds. The molecular formula is C10H18FNO. The van der Waals surface area contributed by atoms with E-state index in [4.69, 9.17) is 0 Å². The lowest BCUT2D eigenvalue weighted by atomic mass is 9.80. The fourth-order valence-electron chi connectivity index (χ4n) is 2.72. The SMILES string of the molecule is OC(CF)CN1CC2CCC1CC2. The van der Waals surface area contributed by atoms with Gasteiger partial charge in [-0.2, -0.15) is 0 Å². The lowest BCUT2D eigenvalue weighted by Crippen LogP contribution is -2.50. The number of hydrogen-bond donors (Lipinski definition) is 1. The molecular weight excluding hydrogens is 169 g/mol. The predicted molar refractivity (Wildman–Crippen MR) is 49.3 cm³/mol. The van der Waals surface area contributed by atoms with Gasteiger partial charge in [-0.15, -0.1) is 0 Å². The molecule has 0 aromatic heterocycles. The number of aliphatic hydroxyl groups excluding tert-OH is 1. The van der Waals surface area contributed by atoms with E-state index in [2.05, 4.69) is 4.90 Å². The maximum atomic E-state index is 12.1. The number of rotatable bonds is 3. The van der Waals surface area contributed by atoms with Crippen molar-refractivity contribution in [3.63, 3.8) is 0 Å². The molecule has 2 aliphatic heterocycles. The number of aliphatic hydroxyl groups is 1. The maximum Gasteiger partial charge on any atom is 0.117 e. The zero-order chi connectivity index (χ0) is 9.26. The molecule has 2 bridgehead atoms. The van der Waals surface area contributed by atoms with E-state index < -0.39 is 12.8 Å². The van der Waals surface area contributed by atoms with Gasteiger partial charge in [0, 0.05) is 19.1 Å². The molecule has 1 saturated carbocycles. The third kappa shape index (κ3) is 2.02. The molecule has 2 heterocycles. The molecule has 76 valence electrons. The molecule has 1 unspecified atom stereocenters. The van der Waals surface area contributed by atoms with Crippen LogP contribution >= 0.6 is 0 Å². The van der Waals surface area contributed by atoms with E-state index in [1.807, 2.05) is 0 Å². The molecule has 2 saturated heterocycles. The van der Waals surface area contributed by atoms with Crippen LogP contribution in [0.2, 0.25) is 0 Å². The highest BCUT2D eigenvalue weighted by Gasteiger charge is 2.34. The van der Waals surface area contributed by atoms with Crippen LogP contribution in [0.4, 0.5) is 4.39 Å². The second-order valence-corrected chi connectivity index (χ2v) is 4.44. The van der Waals surface area contributed by atoms with Crippen molar-refractivity contribution in [1.82, 2.24) is 4.90 Å². The average Bonchev–Trinajstić information content (AvgIpc) is 2.19. The maximum absolute atomic E-state index is 12.1. The Kier molecular flexibility index (Phi) is 2.84. The van der Waals surface area contributed by atoms with Gasteiger partial charge in [0.25, 0.3) is 0 Å². The van der Waals surface area contributed by atoms with Crippen molar-refractivity contribution in [2.45, 2.75) is 37.8 Å². The topological polar surface area (TPSA) is 23.5 Å². The number of fused-ring (bicyclic) bond motifs is 3. The van der Waals surface area contributed by atoms with Gasteiger partial charge in [-0.05, 0) is 31.6 Å². The van der Waals surface area contributed by atoms with E-state index in [1.54, 1.807) is 0 Å². The average molecular weight is 187 g/mol. The highest BCUT2D eigenvalue weighted by molar-refractivity contribution is 4.88. The Morgan fingerprint density at radius 1 is 1.31 bits per heavy atom. The lowest BCUT2D eigenvalue weighted by Gasteiger charge is -2.45.